The summed E-state index contributed by atoms with van der Waals surface area (Å²) in [5.41, 5.74) is 2.54. The fraction of sp³-hybridized carbons (Fsp3) is 0.143. The number of rotatable bonds is 8. The molecule has 0 radical (unpaired) electrons. The van der Waals surface area contributed by atoms with Crippen LogP contribution >= 0.6 is 12.2 Å². The van der Waals surface area contributed by atoms with Crippen molar-refractivity contribution >= 4 is 33.7 Å². The van der Waals surface area contributed by atoms with E-state index < -0.39 is 10.0 Å². The summed E-state index contributed by atoms with van der Waals surface area (Å²) >= 11 is 0.811. The van der Waals surface area contributed by atoms with Crippen LogP contribution in [0.5, 0.6) is 5.75 Å². The van der Waals surface area contributed by atoms with Gasteiger partial charge >= 0.3 is 0 Å². The second-order valence-electron chi connectivity index (χ2n) is 6.34. The van der Waals surface area contributed by atoms with Gasteiger partial charge in [0.25, 0.3) is 10.0 Å². The van der Waals surface area contributed by atoms with Gasteiger partial charge in [-0.05, 0) is 50.2 Å². The highest BCUT2D eigenvalue weighted by Crippen LogP contribution is 2.18. The zero-order valence-electron chi connectivity index (χ0n) is 16.7. The molecule has 0 fully saturated rings. The molecule has 0 amide bonds. The van der Waals surface area contributed by atoms with Crippen LogP contribution in [-0.4, -0.2) is 24.4 Å². The maximum atomic E-state index is 12.5. The molecule has 3 rings (SSSR count). The highest BCUT2D eigenvalue weighted by Gasteiger charge is 2.16. The fourth-order valence-electron chi connectivity index (χ4n) is 2.76. The molecule has 1 heterocycles. The lowest BCUT2D eigenvalue weighted by atomic mass is 10.3. The van der Waals surface area contributed by atoms with Gasteiger partial charge in [0, 0.05) is 7.05 Å². The van der Waals surface area contributed by atoms with Crippen molar-refractivity contribution in [3.05, 3.63) is 84.2 Å². The summed E-state index contributed by atoms with van der Waals surface area (Å²) in [7, 11) is -1.95. The van der Waals surface area contributed by atoms with E-state index in [2.05, 4.69) is 8.80 Å². The molecule has 2 aromatic carbocycles. The van der Waals surface area contributed by atoms with Crippen molar-refractivity contribution < 1.29 is 17.6 Å². The summed E-state index contributed by atoms with van der Waals surface area (Å²) < 4.78 is 40.1. The predicted molar refractivity (Wildman–Crippen MR) is 119 cm³/mol. The molecule has 0 atom stereocenters. The summed E-state index contributed by atoms with van der Waals surface area (Å²) in [6.07, 6.45) is 0. The maximum Gasteiger partial charge on any atom is 0.282 e. The van der Waals surface area contributed by atoms with Crippen LogP contribution < -0.4 is 4.89 Å². The van der Waals surface area contributed by atoms with Crippen LogP contribution in [0.25, 0.3) is 0 Å². The van der Waals surface area contributed by atoms with Gasteiger partial charge in [-0.1, -0.05) is 40.7 Å². The monoisotopic (exact) mass is 443 g/mol. The molecule has 0 aliphatic rings. The summed E-state index contributed by atoms with van der Waals surface area (Å²) in [6.45, 7) is 3.49. The number of aromatic nitrogens is 1. The topological polar surface area (TPSA) is 82.2 Å². The Morgan fingerprint density at radius 1 is 0.867 bits per heavy atom. The van der Waals surface area contributed by atoms with E-state index in [-0.39, 0.29) is 4.90 Å². The number of sulfonamides is 1. The Kier molecular flexibility index (Phi) is 7.09. The average Bonchev–Trinajstić information content (AvgIpc) is 3.14. The first-order valence-corrected chi connectivity index (χ1v) is 11.2. The average molecular weight is 444 g/mol. The van der Waals surface area contributed by atoms with Gasteiger partial charge in [-0.25, -0.2) is 0 Å². The van der Waals surface area contributed by atoms with Crippen molar-refractivity contribution in [2.75, 3.05) is 0 Å². The molecule has 1 aromatic heterocycles. The summed E-state index contributed by atoms with van der Waals surface area (Å²) in [5.74, 6) is 0.575. The lowest BCUT2D eigenvalue weighted by Crippen LogP contribution is -2.11. The van der Waals surface area contributed by atoms with E-state index in [9.17, 15) is 8.42 Å². The van der Waals surface area contributed by atoms with Crippen molar-refractivity contribution in [1.29, 1.82) is 0 Å². The van der Waals surface area contributed by atoms with Gasteiger partial charge in [-0.3, -0.25) is 0 Å². The third-order valence-corrected chi connectivity index (χ3v) is 6.10. The van der Waals surface area contributed by atoms with E-state index >= 15 is 0 Å². The minimum atomic E-state index is -3.78. The van der Waals surface area contributed by atoms with E-state index in [0.717, 1.165) is 17.9 Å². The maximum absolute atomic E-state index is 12.5. The Balaban J connectivity index is 1.71. The van der Waals surface area contributed by atoms with Crippen molar-refractivity contribution in [3.63, 3.8) is 0 Å². The first kappa shape index (κ1) is 21.8. The van der Waals surface area contributed by atoms with Gasteiger partial charge in [0.1, 0.15) is 0 Å². The number of benzene rings is 2. The molecule has 0 aliphatic carbocycles. The predicted octanol–water partition coefficient (Wildman–Crippen LogP) is 4.61. The Morgan fingerprint density at radius 2 is 1.43 bits per heavy atom. The van der Waals surface area contributed by atoms with Crippen LogP contribution in [0, 0.1) is 0 Å². The van der Waals surface area contributed by atoms with Gasteiger partial charge in [0.15, 0.2) is 18.0 Å². The highest BCUT2D eigenvalue weighted by molar-refractivity contribution is 7.93. The molecule has 156 valence electrons. The normalized spacial score (nSPS) is 12.8. The molecule has 9 heteroatoms. The summed E-state index contributed by atoms with van der Waals surface area (Å²) in [5, 5.41) is 0. The number of hydrogen-bond donors (Lipinski definition) is 0. The third kappa shape index (κ3) is 5.38. The van der Waals surface area contributed by atoms with Crippen molar-refractivity contribution in [1.82, 2.24) is 4.57 Å². The first-order chi connectivity index (χ1) is 14.4. The number of nitrogens with zero attached hydrogens (tertiary/aromatic N) is 3. The van der Waals surface area contributed by atoms with Gasteiger partial charge in [0.2, 0.25) is 0 Å². The van der Waals surface area contributed by atoms with Crippen LogP contribution in [-0.2, 0) is 21.4 Å². The molecule has 0 aliphatic heterocycles. The molecule has 7 nitrogen and oxygen atoms in total. The molecule has 0 bridgehead atoms. The van der Waals surface area contributed by atoms with E-state index in [1.165, 1.54) is 12.1 Å². The number of hydrogen-bond acceptors (Lipinski definition) is 6. The lowest BCUT2D eigenvalue weighted by Gasteiger charge is -2.08. The van der Waals surface area contributed by atoms with Crippen LogP contribution in [0.15, 0.2) is 86.5 Å². The quantitative estimate of drug-likeness (QED) is 0.127. The second kappa shape index (κ2) is 9.75. The molecule has 0 unspecified atom stereocenters. The smallest absolute Gasteiger partial charge is 0.282 e. The summed E-state index contributed by atoms with van der Waals surface area (Å²) in [4.78, 5) is 5.28. The molecule has 3 aromatic rings. The minimum Gasteiger partial charge on any atom is -0.342 e. The van der Waals surface area contributed by atoms with Gasteiger partial charge in [0.05, 0.1) is 27.7 Å². The Morgan fingerprint density at radius 3 is 2.07 bits per heavy atom. The van der Waals surface area contributed by atoms with Gasteiger partial charge in [-0.15, -0.1) is 0 Å². The van der Waals surface area contributed by atoms with Gasteiger partial charge in [-0.2, -0.15) is 17.2 Å². The lowest BCUT2D eigenvalue weighted by molar-refractivity contribution is -0.0776. The first-order valence-electron chi connectivity index (χ1n) is 9.01. The molecular weight excluding hydrogens is 422 g/mol. The van der Waals surface area contributed by atoms with Crippen LogP contribution in [0.3, 0.4) is 0 Å². The fourth-order valence-corrected chi connectivity index (χ4v) is 4.16. The Bertz CT molecular complexity index is 1160. The van der Waals surface area contributed by atoms with Gasteiger partial charge < -0.3 is 9.45 Å². The van der Waals surface area contributed by atoms with Crippen LogP contribution in [0.2, 0.25) is 0 Å². The largest absolute Gasteiger partial charge is 0.342 e. The zero-order valence-corrected chi connectivity index (χ0v) is 18.4. The van der Waals surface area contributed by atoms with Crippen LogP contribution in [0.4, 0.5) is 0 Å². The number of para-hydroxylation sites is 1. The van der Waals surface area contributed by atoms with Crippen molar-refractivity contribution in [2.24, 2.45) is 15.8 Å². The van der Waals surface area contributed by atoms with Crippen molar-refractivity contribution in [3.8, 4) is 5.75 Å². The molecule has 0 spiro atoms. The second-order valence-corrected chi connectivity index (χ2v) is 8.42. The van der Waals surface area contributed by atoms with E-state index in [1.807, 2.05) is 42.8 Å². The standard InChI is InChI=1S/C21H21N3O4S2/c1-16(22-29-28-27-18-10-6-4-7-11-18)20-14-15-21(24(20)3)17(2)23-30(25,26)19-12-8-5-9-13-19/h4-15H,1-3H3/b22-16+,23-17-. The van der Waals surface area contributed by atoms with Crippen molar-refractivity contribution in [2.45, 2.75) is 18.7 Å². The van der Waals surface area contributed by atoms with E-state index in [4.69, 9.17) is 9.22 Å². The Labute approximate surface area is 180 Å². The summed E-state index contributed by atoms with van der Waals surface area (Å²) in [6, 6.07) is 20.9. The Hall–Kier alpha value is -2.88. The molecule has 30 heavy (non-hydrogen) atoms. The molecule has 0 N–H and O–H groups in total. The highest BCUT2D eigenvalue weighted by atomic mass is 32.2. The molecule has 0 saturated carbocycles. The van der Waals surface area contributed by atoms with E-state index in [0.29, 0.717) is 22.9 Å². The third-order valence-electron chi connectivity index (χ3n) is 4.24. The zero-order chi connectivity index (χ0) is 21.6. The van der Waals surface area contributed by atoms with Crippen LogP contribution in [0.1, 0.15) is 25.2 Å². The molecule has 0 saturated heterocycles. The molecular formula is C21H21N3O4S2. The SMILES string of the molecule is C/C(=N/S(=O)(=O)c1ccccc1)c1ccc(/C(C)=N/SOOc2ccccc2)n1C. The van der Waals surface area contributed by atoms with E-state index in [1.54, 1.807) is 43.3 Å². The minimum absolute atomic E-state index is 0.156.